The molecule has 0 aromatic carbocycles. The molecule has 0 aromatic rings. The van der Waals surface area contributed by atoms with E-state index in [0.29, 0.717) is 19.0 Å². The minimum atomic E-state index is -0.857. The topological polar surface area (TPSA) is 64.1 Å². The monoisotopic (exact) mass is 295 g/mol. The second kappa shape index (κ2) is 6.22. The lowest BCUT2D eigenvalue weighted by Gasteiger charge is -2.40. The number of likely N-dealkylation sites (tertiary alicyclic amines) is 1. The number of urea groups is 1. The maximum absolute atomic E-state index is 12.8. The fourth-order valence-corrected chi connectivity index (χ4v) is 3.94. The van der Waals surface area contributed by atoms with E-state index >= 15 is 0 Å². The van der Waals surface area contributed by atoms with Crippen LogP contribution in [0.2, 0.25) is 0 Å². The zero-order valence-electron chi connectivity index (χ0n) is 12.5. The predicted molar refractivity (Wildman–Crippen MR) is 78.2 cm³/mol. The highest BCUT2D eigenvalue weighted by molar-refractivity contribution is 5.83. The molecule has 3 heterocycles. The lowest BCUT2D eigenvalue weighted by molar-refractivity contribution is -0.142. The van der Waals surface area contributed by atoms with Crippen LogP contribution in [-0.2, 0) is 4.79 Å². The van der Waals surface area contributed by atoms with Gasteiger partial charge in [0.1, 0.15) is 6.04 Å². The van der Waals surface area contributed by atoms with Gasteiger partial charge >= 0.3 is 12.0 Å². The van der Waals surface area contributed by atoms with Crippen LogP contribution < -0.4 is 0 Å². The molecule has 3 rings (SSSR count). The van der Waals surface area contributed by atoms with E-state index in [2.05, 4.69) is 4.90 Å². The van der Waals surface area contributed by atoms with Crippen LogP contribution in [0, 0.1) is 0 Å². The molecular weight excluding hydrogens is 270 g/mol. The fraction of sp³-hybridized carbons (Fsp3) is 0.867. The smallest absolute Gasteiger partial charge is 0.326 e. The molecule has 3 fully saturated rings. The number of rotatable bonds is 1. The van der Waals surface area contributed by atoms with Gasteiger partial charge in [0.15, 0.2) is 0 Å². The first kappa shape index (κ1) is 14.6. The summed E-state index contributed by atoms with van der Waals surface area (Å²) in [7, 11) is 0. The van der Waals surface area contributed by atoms with Gasteiger partial charge < -0.3 is 14.9 Å². The molecule has 6 nitrogen and oxygen atoms in total. The Morgan fingerprint density at radius 1 is 0.905 bits per heavy atom. The van der Waals surface area contributed by atoms with Gasteiger partial charge in [-0.05, 0) is 32.2 Å². The summed E-state index contributed by atoms with van der Waals surface area (Å²) in [6.45, 7) is 4.16. The van der Waals surface area contributed by atoms with Crippen molar-refractivity contribution in [1.82, 2.24) is 14.7 Å². The van der Waals surface area contributed by atoms with Crippen LogP contribution in [0.5, 0.6) is 0 Å². The molecule has 2 unspecified atom stereocenters. The summed E-state index contributed by atoms with van der Waals surface area (Å²) in [6.07, 6.45) is 5.80. The summed E-state index contributed by atoms with van der Waals surface area (Å²) >= 11 is 0. The third-order valence-corrected chi connectivity index (χ3v) is 5.14. The molecular formula is C15H25N3O3. The summed E-state index contributed by atoms with van der Waals surface area (Å²) in [5.41, 5.74) is 0. The number of amides is 2. The maximum atomic E-state index is 12.8. The number of nitrogens with zero attached hydrogens (tertiary/aromatic N) is 3. The molecule has 0 bridgehead atoms. The third kappa shape index (κ3) is 3.00. The fourth-order valence-electron chi connectivity index (χ4n) is 3.94. The molecule has 6 heteroatoms. The first-order valence-corrected chi connectivity index (χ1v) is 8.19. The maximum Gasteiger partial charge on any atom is 0.326 e. The average molecular weight is 295 g/mol. The zero-order valence-corrected chi connectivity index (χ0v) is 12.5. The number of carbonyl (C=O) groups excluding carboxylic acids is 1. The Morgan fingerprint density at radius 3 is 2.57 bits per heavy atom. The number of hydrogen-bond donors (Lipinski definition) is 1. The van der Waals surface area contributed by atoms with Crippen molar-refractivity contribution in [2.45, 2.75) is 50.6 Å². The van der Waals surface area contributed by atoms with E-state index in [1.54, 1.807) is 4.90 Å². The second-order valence-electron chi connectivity index (χ2n) is 6.46. The van der Waals surface area contributed by atoms with E-state index in [9.17, 15) is 14.7 Å². The van der Waals surface area contributed by atoms with Crippen LogP contribution in [0.4, 0.5) is 4.79 Å². The quantitative estimate of drug-likeness (QED) is 0.790. The van der Waals surface area contributed by atoms with Crippen molar-refractivity contribution in [3.8, 4) is 0 Å². The van der Waals surface area contributed by atoms with E-state index in [0.717, 1.165) is 51.9 Å². The lowest BCUT2D eigenvalue weighted by atomic mass is 10.1. The Labute approximate surface area is 125 Å². The third-order valence-electron chi connectivity index (χ3n) is 5.14. The Balaban J connectivity index is 1.68. The lowest BCUT2D eigenvalue weighted by Crippen LogP contribution is -2.57. The molecule has 0 aromatic heterocycles. The number of fused-ring (bicyclic) bond motifs is 1. The van der Waals surface area contributed by atoms with Crippen LogP contribution in [0.1, 0.15) is 38.5 Å². The summed E-state index contributed by atoms with van der Waals surface area (Å²) in [5.74, 6) is -0.857. The van der Waals surface area contributed by atoms with Crippen molar-refractivity contribution < 1.29 is 14.7 Å². The van der Waals surface area contributed by atoms with Gasteiger partial charge in [-0.25, -0.2) is 9.59 Å². The van der Waals surface area contributed by atoms with E-state index in [1.165, 1.54) is 6.42 Å². The number of carbonyl (C=O) groups is 2. The summed E-state index contributed by atoms with van der Waals surface area (Å²) in [6, 6.07) is -0.213. The molecule has 3 saturated heterocycles. The SMILES string of the molecule is O=C(O)C1CCCCCN1C(=O)N1CCN2CCCC2C1. The van der Waals surface area contributed by atoms with Gasteiger partial charge in [-0.2, -0.15) is 0 Å². The highest BCUT2D eigenvalue weighted by atomic mass is 16.4. The van der Waals surface area contributed by atoms with E-state index < -0.39 is 12.0 Å². The van der Waals surface area contributed by atoms with Gasteiger partial charge in [-0.15, -0.1) is 0 Å². The van der Waals surface area contributed by atoms with Gasteiger partial charge in [0.25, 0.3) is 0 Å². The zero-order chi connectivity index (χ0) is 14.8. The van der Waals surface area contributed by atoms with E-state index in [1.807, 2.05) is 4.90 Å². The van der Waals surface area contributed by atoms with Gasteiger partial charge in [0.05, 0.1) is 0 Å². The van der Waals surface area contributed by atoms with Crippen molar-refractivity contribution in [3.63, 3.8) is 0 Å². The minimum absolute atomic E-state index is 0.0594. The first-order chi connectivity index (χ1) is 10.2. The molecule has 1 N–H and O–H groups in total. The molecule has 2 amide bonds. The van der Waals surface area contributed by atoms with Gasteiger partial charge in [0.2, 0.25) is 0 Å². The van der Waals surface area contributed by atoms with Gasteiger partial charge in [-0.1, -0.05) is 12.8 Å². The van der Waals surface area contributed by atoms with Crippen molar-refractivity contribution in [1.29, 1.82) is 0 Å². The Morgan fingerprint density at radius 2 is 1.76 bits per heavy atom. The molecule has 0 aliphatic carbocycles. The molecule has 118 valence electrons. The van der Waals surface area contributed by atoms with Crippen molar-refractivity contribution in [3.05, 3.63) is 0 Å². The standard InChI is InChI=1S/C15H25N3O3/c19-14(20)13-6-2-1-3-8-18(13)15(21)17-10-9-16-7-4-5-12(16)11-17/h12-13H,1-11H2,(H,19,20). The largest absolute Gasteiger partial charge is 0.480 e. The van der Waals surface area contributed by atoms with E-state index in [-0.39, 0.29) is 6.03 Å². The van der Waals surface area contributed by atoms with Crippen LogP contribution in [0.15, 0.2) is 0 Å². The van der Waals surface area contributed by atoms with E-state index in [4.69, 9.17) is 0 Å². The highest BCUT2D eigenvalue weighted by Crippen LogP contribution is 2.24. The number of carboxylic acids is 1. The van der Waals surface area contributed by atoms with Crippen molar-refractivity contribution in [2.75, 3.05) is 32.7 Å². The van der Waals surface area contributed by atoms with Crippen molar-refractivity contribution in [2.24, 2.45) is 0 Å². The Hall–Kier alpha value is -1.30. The van der Waals surface area contributed by atoms with Gasteiger partial charge in [-0.3, -0.25) is 4.90 Å². The van der Waals surface area contributed by atoms with Crippen LogP contribution in [0.25, 0.3) is 0 Å². The molecule has 0 spiro atoms. The van der Waals surface area contributed by atoms with Crippen LogP contribution >= 0.6 is 0 Å². The number of hydrogen-bond acceptors (Lipinski definition) is 3. The van der Waals surface area contributed by atoms with Gasteiger partial charge in [0, 0.05) is 32.2 Å². The van der Waals surface area contributed by atoms with Crippen LogP contribution in [-0.4, -0.2) is 76.6 Å². The second-order valence-corrected chi connectivity index (χ2v) is 6.46. The Kier molecular flexibility index (Phi) is 4.33. The molecule has 2 atom stereocenters. The summed E-state index contributed by atoms with van der Waals surface area (Å²) in [5, 5.41) is 9.41. The molecule has 3 aliphatic rings. The predicted octanol–water partition coefficient (Wildman–Crippen LogP) is 1.22. The number of piperazine rings is 1. The molecule has 21 heavy (non-hydrogen) atoms. The summed E-state index contributed by atoms with van der Waals surface area (Å²) < 4.78 is 0. The summed E-state index contributed by atoms with van der Waals surface area (Å²) in [4.78, 5) is 30.2. The highest BCUT2D eigenvalue weighted by Gasteiger charge is 2.37. The normalized spacial score (nSPS) is 30.9. The number of aliphatic carboxylic acids is 1. The number of carboxylic acid groups (broad SMARTS) is 1. The minimum Gasteiger partial charge on any atom is -0.480 e. The van der Waals surface area contributed by atoms with Crippen molar-refractivity contribution >= 4 is 12.0 Å². The average Bonchev–Trinajstić information content (AvgIpc) is 2.80. The Bertz CT molecular complexity index is 415. The first-order valence-electron chi connectivity index (χ1n) is 8.19. The molecule has 3 aliphatic heterocycles. The molecule has 0 radical (unpaired) electrons. The molecule has 0 saturated carbocycles. The van der Waals surface area contributed by atoms with Crippen LogP contribution in [0.3, 0.4) is 0 Å².